The first-order chi connectivity index (χ1) is 14.7. The van der Waals surface area contributed by atoms with Crippen LogP contribution in [0.3, 0.4) is 0 Å². The minimum absolute atomic E-state index is 0.0151. The molecule has 2 N–H and O–H groups in total. The van der Waals surface area contributed by atoms with Crippen LogP contribution in [0.4, 0.5) is 0 Å². The van der Waals surface area contributed by atoms with Gasteiger partial charge in [-0.3, -0.25) is 4.79 Å². The molecule has 0 spiro atoms. The Labute approximate surface area is 179 Å². The third-order valence-electron chi connectivity index (χ3n) is 6.04. The lowest BCUT2D eigenvalue weighted by Crippen LogP contribution is -2.32. The molecule has 30 heavy (non-hydrogen) atoms. The number of rotatable bonds is 6. The van der Waals surface area contributed by atoms with Crippen molar-refractivity contribution in [2.24, 2.45) is 0 Å². The number of aromatic amines is 1. The maximum absolute atomic E-state index is 13.1. The standard InChI is InChI=1S/C24H25N3O2S/c1-29-17-7-8-20-19(13-17)18-5-4-6-21(24(18)26-20)25-23(28)14-22(16-9-12-30-15-16)27-10-2-3-11-27/h2-3,7-13,15,21-22,26H,4-6,14H2,1H3,(H,25,28)/t21-,22+/m0/s1. The lowest BCUT2D eigenvalue weighted by molar-refractivity contribution is -0.122. The second-order valence-corrected chi connectivity index (χ2v) is 8.63. The van der Waals surface area contributed by atoms with Gasteiger partial charge in [0, 0.05) is 29.0 Å². The first kappa shape index (κ1) is 19.0. The lowest BCUT2D eigenvalue weighted by atomic mass is 9.91. The number of ether oxygens (including phenoxy) is 1. The number of hydrogen-bond donors (Lipinski definition) is 2. The van der Waals surface area contributed by atoms with Crippen molar-refractivity contribution < 1.29 is 9.53 Å². The van der Waals surface area contributed by atoms with Gasteiger partial charge in [-0.2, -0.15) is 11.3 Å². The third-order valence-corrected chi connectivity index (χ3v) is 6.75. The van der Waals surface area contributed by atoms with E-state index >= 15 is 0 Å². The molecule has 0 bridgehead atoms. The van der Waals surface area contributed by atoms with Crippen molar-refractivity contribution in [3.05, 3.63) is 76.4 Å². The van der Waals surface area contributed by atoms with E-state index in [4.69, 9.17) is 4.74 Å². The van der Waals surface area contributed by atoms with Crippen molar-refractivity contribution >= 4 is 28.1 Å². The topological polar surface area (TPSA) is 59.0 Å². The van der Waals surface area contributed by atoms with Gasteiger partial charge in [0.1, 0.15) is 5.75 Å². The molecule has 1 aliphatic rings. The van der Waals surface area contributed by atoms with Gasteiger partial charge in [-0.1, -0.05) is 0 Å². The molecule has 3 heterocycles. The monoisotopic (exact) mass is 419 g/mol. The largest absolute Gasteiger partial charge is 0.497 e. The van der Waals surface area contributed by atoms with E-state index in [1.54, 1.807) is 18.4 Å². The highest BCUT2D eigenvalue weighted by Gasteiger charge is 2.27. The maximum Gasteiger partial charge on any atom is 0.222 e. The molecular weight excluding hydrogens is 394 g/mol. The van der Waals surface area contributed by atoms with Gasteiger partial charge in [0.15, 0.2) is 0 Å². The Bertz CT molecular complexity index is 1110. The van der Waals surface area contributed by atoms with Gasteiger partial charge in [0.05, 0.1) is 25.6 Å². The highest BCUT2D eigenvalue weighted by Crippen LogP contribution is 2.36. The van der Waals surface area contributed by atoms with E-state index in [1.165, 1.54) is 16.5 Å². The third kappa shape index (κ3) is 3.52. The number of carbonyl (C=O) groups is 1. The van der Waals surface area contributed by atoms with Crippen LogP contribution in [0, 0.1) is 0 Å². The molecule has 0 unspecified atom stereocenters. The average molecular weight is 420 g/mol. The fourth-order valence-electron chi connectivity index (χ4n) is 4.56. The number of hydrogen-bond acceptors (Lipinski definition) is 3. The molecule has 0 aliphatic heterocycles. The highest BCUT2D eigenvalue weighted by atomic mass is 32.1. The molecule has 4 aromatic rings. The number of fused-ring (bicyclic) bond motifs is 3. The molecule has 0 saturated carbocycles. The van der Waals surface area contributed by atoms with Crippen LogP contribution in [-0.4, -0.2) is 22.6 Å². The number of carbonyl (C=O) groups excluding carboxylic acids is 1. The molecule has 0 saturated heterocycles. The first-order valence-electron chi connectivity index (χ1n) is 10.4. The van der Waals surface area contributed by atoms with E-state index in [-0.39, 0.29) is 18.0 Å². The number of amides is 1. The van der Waals surface area contributed by atoms with Crippen molar-refractivity contribution in [3.63, 3.8) is 0 Å². The van der Waals surface area contributed by atoms with E-state index in [0.717, 1.165) is 36.2 Å². The number of methoxy groups -OCH3 is 1. The van der Waals surface area contributed by atoms with Crippen LogP contribution >= 0.6 is 11.3 Å². The number of nitrogens with one attached hydrogen (secondary N) is 2. The molecular formula is C24H25N3O2S. The van der Waals surface area contributed by atoms with E-state index in [1.807, 2.05) is 30.6 Å². The summed E-state index contributed by atoms with van der Waals surface area (Å²) in [4.78, 5) is 16.6. The molecule has 0 fully saturated rings. The van der Waals surface area contributed by atoms with Gasteiger partial charge in [0.25, 0.3) is 0 Å². The van der Waals surface area contributed by atoms with E-state index < -0.39 is 0 Å². The van der Waals surface area contributed by atoms with Crippen molar-refractivity contribution in [2.75, 3.05) is 7.11 Å². The second-order valence-electron chi connectivity index (χ2n) is 7.85. The predicted octanol–water partition coefficient (Wildman–Crippen LogP) is 5.21. The molecule has 0 radical (unpaired) electrons. The average Bonchev–Trinajstić information content (AvgIpc) is 3.53. The molecule has 1 amide bonds. The summed E-state index contributed by atoms with van der Waals surface area (Å²) < 4.78 is 7.52. The zero-order chi connectivity index (χ0) is 20.5. The Morgan fingerprint density at radius 2 is 2.20 bits per heavy atom. The smallest absolute Gasteiger partial charge is 0.222 e. The summed E-state index contributed by atoms with van der Waals surface area (Å²) in [6.45, 7) is 0. The fourth-order valence-corrected chi connectivity index (χ4v) is 5.26. The van der Waals surface area contributed by atoms with E-state index in [2.05, 4.69) is 43.8 Å². The molecule has 5 nitrogen and oxygen atoms in total. The zero-order valence-corrected chi connectivity index (χ0v) is 17.7. The molecule has 1 aliphatic carbocycles. The summed E-state index contributed by atoms with van der Waals surface area (Å²) in [5.41, 5.74) is 4.73. The van der Waals surface area contributed by atoms with Crippen LogP contribution in [0.5, 0.6) is 5.75 Å². The van der Waals surface area contributed by atoms with Crippen LogP contribution in [0.2, 0.25) is 0 Å². The lowest BCUT2D eigenvalue weighted by Gasteiger charge is -2.25. The Morgan fingerprint density at radius 1 is 1.33 bits per heavy atom. The summed E-state index contributed by atoms with van der Waals surface area (Å²) in [7, 11) is 1.69. The Morgan fingerprint density at radius 3 is 2.97 bits per heavy atom. The number of aromatic nitrogens is 2. The molecule has 3 aromatic heterocycles. The van der Waals surface area contributed by atoms with Crippen molar-refractivity contribution in [1.82, 2.24) is 14.9 Å². The van der Waals surface area contributed by atoms with Crippen molar-refractivity contribution in [3.8, 4) is 5.75 Å². The van der Waals surface area contributed by atoms with Crippen molar-refractivity contribution in [2.45, 2.75) is 37.8 Å². The minimum atomic E-state index is 0.0151. The van der Waals surface area contributed by atoms with Gasteiger partial charge in [-0.25, -0.2) is 0 Å². The molecule has 5 rings (SSSR count). The number of H-pyrrole nitrogens is 1. The van der Waals surface area contributed by atoms with Crippen molar-refractivity contribution in [1.29, 1.82) is 0 Å². The number of benzene rings is 1. The van der Waals surface area contributed by atoms with Crippen LogP contribution in [0.15, 0.2) is 59.6 Å². The van der Waals surface area contributed by atoms with Gasteiger partial charge in [0.2, 0.25) is 5.91 Å². The molecule has 1 aromatic carbocycles. The Balaban J connectivity index is 1.38. The summed E-state index contributed by atoms with van der Waals surface area (Å²) in [6, 6.07) is 12.3. The number of nitrogens with zero attached hydrogens (tertiary/aromatic N) is 1. The summed E-state index contributed by atoms with van der Waals surface area (Å²) >= 11 is 1.66. The quantitative estimate of drug-likeness (QED) is 0.451. The number of aryl methyl sites for hydroxylation is 1. The summed E-state index contributed by atoms with van der Waals surface area (Å²) in [5, 5.41) is 8.70. The maximum atomic E-state index is 13.1. The zero-order valence-electron chi connectivity index (χ0n) is 16.9. The Hall–Kier alpha value is -2.99. The van der Waals surface area contributed by atoms with E-state index in [0.29, 0.717) is 6.42 Å². The predicted molar refractivity (Wildman–Crippen MR) is 120 cm³/mol. The normalized spacial score (nSPS) is 16.9. The molecule has 2 atom stereocenters. The molecule has 154 valence electrons. The van der Waals surface area contributed by atoms with Gasteiger partial charge in [-0.05, 0) is 77.5 Å². The van der Waals surface area contributed by atoms with Crippen LogP contribution in [-0.2, 0) is 11.2 Å². The van der Waals surface area contributed by atoms with Crippen LogP contribution in [0.1, 0.15) is 48.2 Å². The minimum Gasteiger partial charge on any atom is -0.497 e. The van der Waals surface area contributed by atoms with Gasteiger partial charge in [-0.15, -0.1) is 0 Å². The summed E-state index contributed by atoms with van der Waals surface area (Å²) in [5.74, 6) is 0.940. The second kappa shape index (κ2) is 8.03. The first-order valence-corrected chi connectivity index (χ1v) is 11.3. The van der Waals surface area contributed by atoms with Gasteiger partial charge >= 0.3 is 0 Å². The summed E-state index contributed by atoms with van der Waals surface area (Å²) in [6.07, 6.45) is 7.52. The Kier molecular flexibility index (Phi) is 5.09. The van der Waals surface area contributed by atoms with E-state index in [9.17, 15) is 4.79 Å². The highest BCUT2D eigenvalue weighted by molar-refractivity contribution is 7.08. The SMILES string of the molecule is COc1ccc2[nH]c3c(c2c1)CCC[C@@H]3NC(=O)C[C@H](c1ccsc1)n1cccc1. The van der Waals surface area contributed by atoms with Gasteiger partial charge < -0.3 is 19.6 Å². The molecule has 6 heteroatoms. The fraction of sp³-hybridized carbons (Fsp3) is 0.292. The van der Waals surface area contributed by atoms with Crippen LogP contribution < -0.4 is 10.1 Å². The number of thiophene rings is 1. The van der Waals surface area contributed by atoms with Crippen LogP contribution in [0.25, 0.3) is 10.9 Å².